The summed E-state index contributed by atoms with van der Waals surface area (Å²) in [5.41, 5.74) is 10.7. The van der Waals surface area contributed by atoms with Crippen molar-refractivity contribution in [3.63, 3.8) is 0 Å². The second kappa shape index (κ2) is 10.2. The molecule has 0 radical (unpaired) electrons. The van der Waals surface area contributed by atoms with Crippen molar-refractivity contribution >= 4 is 46.5 Å². The topological polar surface area (TPSA) is 125 Å². The maximum absolute atomic E-state index is 11.4. The molecule has 32 heavy (non-hydrogen) atoms. The molecule has 9 nitrogen and oxygen atoms in total. The van der Waals surface area contributed by atoms with Gasteiger partial charge in [0.1, 0.15) is 12.1 Å². The highest BCUT2D eigenvalue weighted by Crippen LogP contribution is 2.28. The van der Waals surface area contributed by atoms with Crippen LogP contribution in [0.25, 0.3) is 11.3 Å². The van der Waals surface area contributed by atoms with Gasteiger partial charge in [-0.25, -0.2) is 9.97 Å². The summed E-state index contributed by atoms with van der Waals surface area (Å²) in [5, 5.41) is 9.94. The third-order valence-electron chi connectivity index (χ3n) is 4.49. The van der Waals surface area contributed by atoms with E-state index in [1.165, 1.54) is 13.3 Å². The van der Waals surface area contributed by atoms with Crippen LogP contribution >= 0.6 is 11.6 Å². The molecule has 0 saturated carbocycles. The number of nitrogens with zero attached hydrogens (tertiary/aromatic N) is 5. The lowest BCUT2D eigenvalue weighted by Crippen LogP contribution is -2.11. The SMILES string of the molecule is CC(=O)Nc1cc(N=C/C(=C(\N)c2cc(CN(C)C)ccc2Cl)c2ncn[nH]2)c(C)cn1. The molecule has 0 unspecified atom stereocenters. The highest BCUT2D eigenvalue weighted by atomic mass is 35.5. The summed E-state index contributed by atoms with van der Waals surface area (Å²) >= 11 is 6.48. The lowest BCUT2D eigenvalue weighted by Gasteiger charge is -2.13. The van der Waals surface area contributed by atoms with Gasteiger partial charge in [0.05, 0.1) is 17.0 Å². The number of halogens is 1. The predicted molar refractivity (Wildman–Crippen MR) is 128 cm³/mol. The van der Waals surface area contributed by atoms with Crippen LogP contribution in [0.15, 0.2) is 41.8 Å². The van der Waals surface area contributed by atoms with Crippen molar-refractivity contribution in [3.05, 3.63) is 64.3 Å². The fourth-order valence-electron chi connectivity index (χ4n) is 3.02. The van der Waals surface area contributed by atoms with Crippen LogP contribution in [0.1, 0.15) is 29.4 Å². The van der Waals surface area contributed by atoms with E-state index in [4.69, 9.17) is 17.3 Å². The lowest BCUT2D eigenvalue weighted by molar-refractivity contribution is -0.114. The second-order valence-electron chi connectivity index (χ2n) is 7.51. The largest absolute Gasteiger partial charge is 0.398 e. The van der Waals surface area contributed by atoms with Crippen molar-refractivity contribution in [1.29, 1.82) is 0 Å². The van der Waals surface area contributed by atoms with Crippen LogP contribution in [0, 0.1) is 6.92 Å². The number of amides is 1. The van der Waals surface area contributed by atoms with Gasteiger partial charge in [-0.3, -0.25) is 14.9 Å². The maximum Gasteiger partial charge on any atom is 0.222 e. The van der Waals surface area contributed by atoms with Crippen molar-refractivity contribution in [2.45, 2.75) is 20.4 Å². The first-order valence-corrected chi connectivity index (χ1v) is 10.2. The zero-order chi connectivity index (χ0) is 23.3. The summed E-state index contributed by atoms with van der Waals surface area (Å²) in [4.78, 5) is 26.4. The number of benzene rings is 1. The molecule has 2 aromatic heterocycles. The lowest BCUT2D eigenvalue weighted by atomic mass is 10.0. The molecule has 1 amide bonds. The normalized spacial score (nSPS) is 12.3. The van der Waals surface area contributed by atoms with Gasteiger partial charge in [0.25, 0.3) is 0 Å². The average molecular weight is 453 g/mol. The Kier molecular flexibility index (Phi) is 7.34. The molecule has 0 saturated heterocycles. The van der Waals surface area contributed by atoms with Gasteiger partial charge >= 0.3 is 0 Å². The first-order chi connectivity index (χ1) is 15.2. The van der Waals surface area contributed by atoms with E-state index in [1.807, 2.05) is 39.2 Å². The number of carbonyl (C=O) groups is 1. The van der Waals surface area contributed by atoms with Crippen molar-refractivity contribution in [2.75, 3.05) is 19.4 Å². The van der Waals surface area contributed by atoms with Gasteiger partial charge in [-0.05, 0) is 44.3 Å². The minimum Gasteiger partial charge on any atom is -0.398 e. The number of aromatic nitrogens is 4. The number of rotatable bonds is 7. The monoisotopic (exact) mass is 452 g/mol. The summed E-state index contributed by atoms with van der Waals surface area (Å²) < 4.78 is 0. The molecule has 0 aliphatic carbocycles. The highest BCUT2D eigenvalue weighted by Gasteiger charge is 2.14. The Balaban J connectivity index is 2.07. The van der Waals surface area contributed by atoms with Crippen molar-refractivity contribution in [3.8, 4) is 0 Å². The van der Waals surface area contributed by atoms with Crippen LogP contribution in [-0.4, -0.2) is 51.3 Å². The highest BCUT2D eigenvalue weighted by molar-refractivity contribution is 6.33. The van der Waals surface area contributed by atoms with Crippen LogP contribution in [-0.2, 0) is 11.3 Å². The number of carbonyl (C=O) groups excluding carboxylic acids is 1. The van der Waals surface area contributed by atoms with E-state index in [2.05, 4.69) is 35.4 Å². The van der Waals surface area contributed by atoms with E-state index in [1.54, 1.807) is 18.5 Å². The molecule has 0 bridgehead atoms. The zero-order valence-electron chi connectivity index (χ0n) is 18.3. The van der Waals surface area contributed by atoms with E-state index < -0.39 is 0 Å². The Morgan fingerprint density at radius 1 is 1.31 bits per heavy atom. The fourth-order valence-corrected chi connectivity index (χ4v) is 3.24. The van der Waals surface area contributed by atoms with Gasteiger partial charge in [0.15, 0.2) is 5.82 Å². The zero-order valence-corrected chi connectivity index (χ0v) is 19.1. The number of hydrogen-bond acceptors (Lipinski definition) is 7. The number of anilines is 1. The summed E-state index contributed by atoms with van der Waals surface area (Å²) in [6.07, 6.45) is 4.64. The van der Waals surface area contributed by atoms with Crippen molar-refractivity contribution < 1.29 is 4.79 Å². The van der Waals surface area contributed by atoms with Crippen LogP contribution in [0.2, 0.25) is 5.02 Å². The molecule has 166 valence electrons. The Labute approximate surface area is 191 Å². The first kappa shape index (κ1) is 23.1. The Morgan fingerprint density at radius 2 is 2.09 bits per heavy atom. The second-order valence-corrected chi connectivity index (χ2v) is 7.92. The molecule has 0 fully saturated rings. The molecule has 2 heterocycles. The molecule has 3 aromatic rings. The van der Waals surface area contributed by atoms with Gasteiger partial charge in [0.2, 0.25) is 5.91 Å². The summed E-state index contributed by atoms with van der Waals surface area (Å²) in [7, 11) is 3.98. The molecular weight excluding hydrogens is 428 g/mol. The number of H-pyrrole nitrogens is 1. The van der Waals surface area contributed by atoms with Gasteiger partial charge < -0.3 is 16.0 Å². The average Bonchev–Trinajstić information content (AvgIpc) is 3.25. The minimum absolute atomic E-state index is 0.213. The first-order valence-electron chi connectivity index (χ1n) is 9.82. The number of aryl methyl sites for hydroxylation is 1. The Hall–Kier alpha value is -3.56. The number of nitrogens with two attached hydrogens (primary N) is 1. The van der Waals surface area contributed by atoms with Crippen LogP contribution in [0.5, 0.6) is 0 Å². The standard InChI is InChI=1S/C22H25ClN8O/c1-13-9-26-20(29-14(2)32)8-19(13)25-10-17(22-27-12-28-30-22)21(24)16-7-15(11-31(3)4)5-6-18(16)23/h5-10,12H,11,24H2,1-4H3,(H,26,29,32)(H,27,28,30)/b21-17+,25-10?. The maximum atomic E-state index is 11.4. The predicted octanol–water partition coefficient (Wildman–Crippen LogP) is 3.41. The number of nitrogens with one attached hydrogen (secondary N) is 2. The fraction of sp³-hybridized carbons (Fsp3) is 0.227. The molecule has 10 heteroatoms. The van der Waals surface area contributed by atoms with Crippen molar-refractivity contribution in [2.24, 2.45) is 10.7 Å². The van der Waals surface area contributed by atoms with E-state index in [0.29, 0.717) is 39.2 Å². The number of aliphatic imine (C=N–C) groups is 1. The molecule has 0 atom stereocenters. The quantitative estimate of drug-likeness (QED) is 0.471. The van der Waals surface area contributed by atoms with Crippen molar-refractivity contribution in [1.82, 2.24) is 25.1 Å². The van der Waals surface area contributed by atoms with E-state index in [0.717, 1.165) is 17.7 Å². The summed E-state index contributed by atoms with van der Waals surface area (Å²) in [6.45, 7) is 4.04. The van der Waals surface area contributed by atoms with Gasteiger partial charge in [-0.15, -0.1) is 0 Å². The molecule has 3 rings (SSSR count). The molecular formula is C22H25ClN8O. The number of aromatic amines is 1. The van der Waals surface area contributed by atoms with E-state index in [-0.39, 0.29) is 5.91 Å². The summed E-state index contributed by atoms with van der Waals surface area (Å²) in [6, 6.07) is 7.43. The van der Waals surface area contributed by atoms with Gasteiger partial charge in [-0.2, -0.15) is 5.10 Å². The summed E-state index contributed by atoms with van der Waals surface area (Å²) in [5.74, 6) is 0.650. The van der Waals surface area contributed by atoms with Crippen LogP contribution in [0.4, 0.5) is 11.5 Å². The Bertz CT molecular complexity index is 1170. The molecule has 0 aliphatic rings. The van der Waals surface area contributed by atoms with Crippen LogP contribution in [0.3, 0.4) is 0 Å². The smallest absolute Gasteiger partial charge is 0.222 e. The molecule has 0 spiro atoms. The van der Waals surface area contributed by atoms with E-state index >= 15 is 0 Å². The number of allylic oxidation sites excluding steroid dienone is 1. The third-order valence-corrected chi connectivity index (χ3v) is 4.82. The van der Waals surface area contributed by atoms with Gasteiger partial charge in [0, 0.05) is 42.5 Å². The number of pyridine rings is 1. The Morgan fingerprint density at radius 3 is 2.75 bits per heavy atom. The molecule has 4 N–H and O–H groups in total. The van der Waals surface area contributed by atoms with E-state index in [9.17, 15) is 4.79 Å². The molecule has 0 aliphatic heterocycles. The molecule has 1 aromatic carbocycles. The minimum atomic E-state index is -0.213. The third kappa shape index (κ3) is 5.77. The number of hydrogen-bond donors (Lipinski definition) is 3. The van der Waals surface area contributed by atoms with Gasteiger partial charge in [-0.1, -0.05) is 17.7 Å². The van der Waals surface area contributed by atoms with Crippen LogP contribution < -0.4 is 11.1 Å².